The number of halogens is 1. The Labute approximate surface area is 173 Å². The van der Waals surface area contributed by atoms with Gasteiger partial charge in [0.05, 0.1) is 13.2 Å². The van der Waals surface area contributed by atoms with Gasteiger partial charge in [-0.1, -0.05) is 18.2 Å². The summed E-state index contributed by atoms with van der Waals surface area (Å²) < 4.78 is 30.2. The minimum absolute atomic E-state index is 0.105. The molecule has 0 radical (unpaired) electrons. The van der Waals surface area contributed by atoms with Gasteiger partial charge in [-0.05, 0) is 50.0 Å². The molecule has 0 unspecified atom stereocenters. The topological polar surface area (TPSA) is 38.1 Å². The molecule has 1 saturated heterocycles. The van der Waals surface area contributed by atoms with E-state index in [0.717, 1.165) is 62.6 Å². The van der Waals surface area contributed by atoms with E-state index in [1.807, 2.05) is 24.3 Å². The van der Waals surface area contributed by atoms with Gasteiger partial charge in [-0.15, -0.1) is 0 Å². The number of furan rings is 1. The van der Waals surface area contributed by atoms with E-state index in [1.165, 1.54) is 0 Å². The number of hydrogen-bond acceptors (Lipinski definition) is 5. The fourth-order valence-electron chi connectivity index (χ4n) is 3.96. The summed E-state index contributed by atoms with van der Waals surface area (Å²) in [4.78, 5) is 4.77. The Morgan fingerprint density at radius 1 is 1.07 bits per heavy atom. The van der Waals surface area contributed by atoms with E-state index in [1.54, 1.807) is 26.4 Å². The van der Waals surface area contributed by atoms with Crippen LogP contribution in [0.5, 0.6) is 0 Å². The third-order valence-corrected chi connectivity index (χ3v) is 5.57. The monoisotopic (exact) mass is 404 g/mol. The van der Waals surface area contributed by atoms with Crippen molar-refractivity contribution in [3.05, 3.63) is 59.3 Å². The van der Waals surface area contributed by atoms with Crippen LogP contribution in [0.4, 0.5) is 4.39 Å². The molecule has 0 spiro atoms. The predicted octanol–water partition coefficient (Wildman–Crippen LogP) is 3.93. The molecular formula is C23H33FN2O3. The third kappa shape index (κ3) is 6.93. The molecule has 3 rings (SSSR count). The van der Waals surface area contributed by atoms with Gasteiger partial charge in [0.15, 0.2) is 0 Å². The molecule has 160 valence electrons. The maximum Gasteiger partial charge on any atom is 0.129 e. The summed E-state index contributed by atoms with van der Waals surface area (Å²) in [5.41, 5.74) is 0.789. The molecule has 1 aliphatic heterocycles. The Kier molecular flexibility index (Phi) is 8.68. The fourth-order valence-corrected chi connectivity index (χ4v) is 3.96. The van der Waals surface area contributed by atoms with Gasteiger partial charge in [0.25, 0.3) is 0 Å². The Morgan fingerprint density at radius 3 is 2.55 bits per heavy atom. The van der Waals surface area contributed by atoms with Crippen LogP contribution in [0.2, 0.25) is 0 Å². The summed E-state index contributed by atoms with van der Waals surface area (Å²) in [6.07, 6.45) is 2.26. The lowest BCUT2D eigenvalue weighted by molar-refractivity contribution is 0.100. The highest BCUT2D eigenvalue weighted by molar-refractivity contribution is 5.17. The number of likely N-dealkylation sites (tertiary alicyclic amines) is 1. The SMILES string of the molecule is COCCN(Cc1ccc(COC)o1)CC1CCN(Cc2ccccc2F)CC1. The van der Waals surface area contributed by atoms with Crippen LogP contribution < -0.4 is 0 Å². The van der Waals surface area contributed by atoms with E-state index < -0.39 is 0 Å². The Hall–Kier alpha value is -1.73. The Balaban J connectivity index is 1.49. The second kappa shape index (κ2) is 11.5. The van der Waals surface area contributed by atoms with Crippen molar-refractivity contribution in [1.82, 2.24) is 9.80 Å². The highest BCUT2D eigenvalue weighted by Crippen LogP contribution is 2.22. The van der Waals surface area contributed by atoms with E-state index >= 15 is 0 Å². The quantitative estimate of drug-likeness (QED) is 0.567. The van der Waals surface area contributed by atoms with Gasteiger partial charge in [0.1, 0.15) is 23.9 Å². The molecule has 2 aromatic rings. The number of nitrogens with zero attached hydrogens (tertiary/aromatic N) is 2. The smallest absolute Gasteiger partial charge is 0.129 e. The third-order valence-electron chi connectivity index (χ3n) is 5.57. The molecule has 6 heteroatoms. The minimum Gasteiger partial charge on any atom is -0.462 e. The molecule has 0 amide bonds. The summed E-state index contributed by atoms with van der Waals surface area (Å²) in [5.74, 6) is 2.35. The first kappa shape index (κ1) is 22.0. The fraction of sp³-hybridized carbons (Fsp3) is 0.565. The zero-order chi connectivity index (χ0) is 20.5. The zero-order valence-electron chi connectivity index (χ0n) is 17.6. The second-order valence-corrected chi connectivity index (χ2v) is 7.84. The summed E-state index contributed by atoms with van der Waals surface area (Å²) >= 11 is 0. The maximum absolute atomic E-state index is 13.9. The Morgan fingerprint density at radius 2 is 1.83 bits per heavy atom. The van der Waals surface area contributed by atoms with Crippen LogP contribution in [0.15, 0.2) is 40.8 Å². The molecule has 1 aromatic heterocycles. The lowest BCUT2D eigenvalue weighted by Crippen LogP contribution is -2.39. The lowest BCUT2D eigenvalue weighted by atomic mass is 9.95. The van der Waals surface area contributed by atoms with Crippen molar-refractivity contribution in [1.29, 1.82) is 0 Å². The van der Waals surface area contributed by atoms with Crippen LogP contribution in [0, 0.1) is 11.7 Å². The number of rotatable bonds is 11. The van der Waals surface area contributed by atoms with Crippen LogP contribution in [0.25, 0.3) is 0 Å². The van der Waals surface area contributed by atoms with Crippen LogP contribution in [-0.4, -0.2) is 56.8 Å². The largest absolute Gasteiger partial charge is 0.462 e. The van der Waals surface area contributed by atoms with Crippen LogP contribution in [0.1, 0.15) is 29.9 Å². The minimum atomic E-state index is -0.105. The number of methoxy groups -OCH3 is 2. The first-order valence-corrected chi connectivity index (χ1v) is 10.4. The molecular weight excluding hydrogens is 371 g/mol. The van der Waals surface area contributed by atoms with Crippen molar-refractivity contribution in [2.45, 2.75) is 32.5 Å². The zero-order valence-corrected chi connectivity index (χ0v) is 17.6. The molecule has 2 heterocycles. The van der Waals surface area contributed by atoms with Crippen molar-refractivity contribution in [2.24, 2.45) is 5.92 Å². The van der Waals surface area contributed by atoms with Gasteiger partial charge in [-0.3, -0.25) is 9.80 Å². The van der Waals surface area contributed by atoms with E-state index in [9.17, 15) is 4.39 Å². The van der Waals surface area contributed by atoms with Crippen LogP contribution in [0.3, 0.4) is 0 Å². The molecule has 0 atom stereocenters. The van der Waals surface area contributed by atoms with Crippen molar-refractivity contribution in [3.63, 3.8) is 0 Å². The summed E-state index contributed by atoms with van der Waals surface area (Å²) in [5, 5.41) is 0. The van der Waals surface area contributed by atoms with E-state index in [0.29, 0.717) is 25.7 Å². The number of benzene rings is 1. The van der Waals surface area contributed by atoms with Gasteiger partial charge in [0.2, 0.25) is 0 Å². The number of ether oxygens (including phenoxy) is 2. The average Bonchev–Trinajstić information content (AvgIpc) is 3.16. The van der Waals surface area contributed by atoms with Gasteiger partial charge in [0, 0.05) is 39.4 Å². The van der Waals surface area contributed by atoms with E-state index in [-0.39, 0.29) is 5.82 Å². The van der Waals surface area contributed by atoms with Crippen molar-refractivity contribution in [2.75, 3.05) is 47.0 Å². The molecule has 0 bridgehead atoms. The molecule has 1 aliphatic rings. The summed E-state index contributed by atoms with van der Waals surface area (Å²) in [7, 11) is 3.41. The molecule has 29 heavy (non-hydrogen) atoms. The molecule has 5 nitrogen and oxygen atoms in total. The number of piperidine rings is 1. The molecule has 0 saturated carbocycles. The highest BCUT2D eigenvalue weighted by atomic mass is 19.1. The molecule has 0 aliphatic carbocycles. The van der Waals surface area contributed by atoms with Gasteiger partial charge in [-0.2, -0.15) is 0 Å². The molecule has 0 N–H and O–H groups in total. The summed E-state index contributed by atoms with van der Waals surface area (Å²) in [6, 6.07) is 11.1. The van der Waals surface area contributed by atoms with Crippen LogP contribution >= 0.6 is 0 Å². The van der Waals surface area contributed by atoms with Gasteiger partial charge >= 0.3 is 0 Å². The second-order valence-electron chi connectivity index (χ2n) is 7.84. The van der Waals surface area contributed by atoms with Crippen molar-refractivity contribution < 1.29 is 18.3 Å². The normalized spacial score (nSPS) is 16.0. The molecule has 1 fully saturated rings. The first-order valence-electron chi connectivity index (χ1n) is 10.4. The van der Waals surface area contributed by atoms with Gasteiger partial charge < -0.3 is 13.9 Å². The maximum atomic E-state index is 13.9. The van der Waals surface area contributed by atoms with E-state index in [4.69, 9.17) is 13.9 Å². The first-order chi connectivity index (χ1) is 14.2. The van der Waals surface area contributed by atoms with Crippen molar-refractivity contribution in [3.8, 4) is 0 Å². The van der Waals surface area contributed by atoms with Gasteiger partial charge in [-0.25, -0.2) is 4.39 Å². The molecule has 1 aromatic carbocycles. The van der Waals surface area contributed by atoms with Crippen molar-refractivity contribution >= 4 is 0 Å². The average molecular weight is 405 g/mol. The lowest BCUT2D eigenvalue weighted by Gasteiger charge is -2.34. The Bertz CT molecular complexity index is 728. The van der Waals surface area contributed by atoms with E-state index in [2.05, 4.69) is 9.80 Å². The van der Waals surface area contributed by atoms with Crippen LogP contribution in [-0.2, 0) is 29.2 Å². The standard InChI is InChI=1S/C23H33FN2O3/c1-27-14-13-26(17-21-7-8-22(29-21)18-28-2)15-19-9-11-25(12-10-19)16-20-5-3-4-6-23(20)24/h3-8,19H,9-18H2,1-2H3. The number of hydrogen-bond donors (Lipinski definition) is 0. The predicted molar refractivity (Wildman–Crippen MR) is 111 cm³/mol. The summed E-state index contributed by atoms with van der Waals surface area (Å²) in [6.45, 7) is 6.61. The highest BCUT2D eigenvalue weighted by Gasteiger charge is 2.22.